The molecule has 1 aromatic heterocycles. The zero-order valence-corrected chi connectivity index (χ0v) is 18.8. The number of benzene rings is 1. The van der Waals surface area contributed by atoms with E-state index in [4.69, 9.17) is 10.3 Å². The molecule has 1 heterocycles. The van der Waals surface area contributed by atoms with E-state index in [2.05, 4.69) is 15.8 Å². The number of carbonyl (C=O) groups excluding carboxylic acids is 2. The molecule has 9 nitrogen and oxygen atoms in total. The first-order chi connectivity index (χ1) is 15.3. The van der Waals surface area contributed by atoms with E-state index in [1.807, 2.05) is 13.8 Å². The van der Waals surface area contributed by atoms with Gasteiger partial charge in [0.25, 0.3) is 5.91 Å². The van der Waals surface area contributed by atoms with Crippen molar-refractivity contribution in [2.45, 2.75) is 52.4 Å². The van der Waals surface area contributed by atoms with Gasteiger partial charge in [0.15, 0.2) is 11.5 Å². The van der Waals surface area contributed by atoms with Crippen molar-refractivity contribution >= 4 is 17.5 Å². The topological polar surface area (TPSA) is 151 Å². The number of phenols is 2. The Kier molecular flexibility index (Phi) is 7.40. The van der Waals surface area contributed by atoms with Crippen LogP contribution in [0.25, 0.3) is 11.3 Å². The van der Waals surface area contributed by atoms with Gasteiger partial charge in [-0.15, -0.1) is 0 Å². The van der Waals surface area contributed by atoms with E-state index in [9.17, 15) is 19.8 Å². The van der Waals surface area contributed by atoms with Gasteiger partial charge < -0.3 is 31.1 Å². The van der Waals surface area contributed by atoms with Gasteiger partial charge in [-0.1, -0.05) is 19.0 Å². The highest BCUT2D eigenvalue weighted by molar-refractivity contribution is 6.06. The zero-order valence-electron chi connectivity index (χ0n) is 18.8. The fourth-order valence-corrected chi connectivity index (χ4v) is 4.11. The number of rotatable bonds is 7. The van der Waals surface area contributed by atoms with E-state index in [0.717, 1.165) is 12.8 Å². The number of aromatic hydroxyl groups is 2. The largest absolute Gasteiger partial charge is 0.508 e. The fraction of sp³-hybridized carbons (Fsp3) is 0.522. The molecule has 0 unspecified atom stereocenters. The summed E-state index contributed by atoms with van der Waals surface area (Å²) >= 11 is 0. The van der Waals surface area contributed by atoms with Gasteiger partial charge in [-0.05, 0) is 62.6 Å². The van der Waals surface area contributed by atoms with Crippen LogP contribution in [0.2, 0.25) is 0 Å². The third-order valence-electron chi connectivity index (χ3n) is 6.06. The average Bonchev–Trinajstić information content (AvgIpc) is 3.17. The van der Waals surface area contributed by atoms with Gasteiger partial charge in [-0.2, -0.15) is 0 Å². The number of hydrogen-bond acceptors (Lipinski definition) is 7. The van der Waals surface area contributed by atoms with Crippen LogP contribution < -0.4 is 16.4 Å². The Labute approximate surface area is 187 Å². The number of nitrogens with zero attached hydrogens (tertiary/aromatic N) is 1. The van der Waals surface area contributed by atoms with Crippen molar-refractivity contribution in [3.05, 3.63) is 23.4 Å². The summed E-state index contributed by atoms with van der Waals surface area (Å²) in [7, 11) is 0. The summed E-state index contributed by atoms with van der Waals surface area (Å²) in [6.45, 7) is 6.56. The number of nitrogens with two attached hydrogens (primary N) is 1. The van der Waals surface area contributed by atoms with Crippen molar-refractivity contribution in [1.82, 2.24) is 10.5 Å². The molecule has 0 aliphatic heterocycles. The number of amides is 2. The predicted octanol–water partition coefficient (Wildman–Crippen LogP) is 3.33. The number of nitrogens with one attached hydrogen (secondary N) is 2. The molecule has 1 aliphatic carbocycles. The highest BCUT2D eigenvalue weighted by Crippen LogP contribution is 2.42. The van der Waals surface area contributed by atoms with Gasteiger partial charge in [-0.3, -0.25) is 9.59 Å². The maximum Gasteiger partial charge on any atom is 0.275 e. The normalized spacial score (nSPS) is 18.5. The number of anilines is 1. The van der Waals surface area contributed by atoms with Crippen molar-refractivity contribution in [3.8, 4) is 22.8 Å². The number of phenolic OH excluding ortho intramolecular Hbond substituents is 2. The summed E-state index contributed by atoms with van der Waals surface area (Å²) in [5.41, 5.74) is 6.62. The van der Waals surface area contributed by atoms with E-state index < -0.39 is 5.91 Å². The summed E-state index contributed by atoms with van der Waals surface area (Å²) in [6, 6.07) is 2.80. The molecule has 3 rings (SSSR count). The molecule has 174 valence electrons. The van der Waals surface area contributed by atoms with E-state index in [1.165, 1.54) is 6.07 Å². The van der Waals surface area contributed by atoms with Crippen molar-refractivity contribution in [1.29, 1.82) is 0 Å². The lowest BCUT2D eigenvalue weighted by Crippen LogP contribution is -2.30. The van der Waals surface area contributed by atoms with Crippen molar-refractivity contribution < 1.29 is 24.3 Å². The second kappa shape index (κ2) is 10.0. The van der Waals surface area contributed by atoms with E-state index >= 15 is 0 Å². The second-order valence-corrected chi connectivity index (χ2v) is 8.62. The predicted molar refractivity (Wildman–Crippen MR) is 120 cm³/mol. The van der Waals surface area contributed by atoms with Crippen LogP contribution in [0.3, 0.4) is 0 Å². The highest BCUT2D eigenvalue weighted by Gasteiger charge is 2.31. The van der Waals surface area contributed by atoms with Crippen LogP contribution in [0, 0.1) is 11.8 Å². The Balaban J connectivity index is 1.99. The Hall–Kier alpha value is -3.07. The molecule has 0 atom stereocenters. The van der Waals surface area contributed by atoms with Gasteiger partial charge in [-0.25, -0.2) is 0 Å². The SMILES string of the molecule is CCNC(=O)c1noc(-c2cc(C(C)C)c(O)cc2O)c1NC(=O)C1CCC(CN)CC1. The van der Waals surface area contributed by atoms with Crippen molar-refractivity contribution in [2.75, 3.05) is 18.4 Å². The smallest absolute Gasteiger partial charge is 0.275 e. The molecular weight excluding hydrogens is 412 g/mol. The Bertz CT molecular complexity index is 977. The van der Waals surface area contributed by atoms with Gasteiger partial charge in [0, 0.05) is 18.5 Å². The maximum absolute atomic E-state index is 13.0. The molecular formula is C23H32N4O5. The van der Waals surface area contributed by atoms with Crippen LogP contribution in [-0.4, -0.2) is 40.3 Å². The minimum absolute atomic E-state index is 0.0316. The van der Waals surface area contributed by atoms with Crippen LogP contribution >= 0.6 is 0 Å². The molecule has 2 aromatic rings. The highest BCUT2D eigenvalue weighted by atomic mass is 16.5. The van der Waals surface area contributed by atoms with Gasteiger partial charge in [0.2, 0.25) is 5.91 Å². The third-order valence-corrected chi connectivity index (χ3v) is 6.06. The summed E-state index contributed by atoms with van der Waals surface area (Å²) in [4.78, 5) is 25.6. The maximum atomic E-state index is 13.0. The lowest BCUT2D eigenvalue weighted by Gasteiger charge is -2.26. The van der Waals surface area contributed by atoms with Crippen LogP contribution in [-0.2, 0) is 4.79 Å². The molecule has 0 saturated heterocycles. The Morgan fingerprint density at radius 2 is 1.88 bits per heavy atom. The molecule has 32 heavy (non-hydrogen) atoms. The Morgan fingerprint density at radius 3 is 2.47 bits per heavy atom. The number of carbonyl (C=O) groups is 2. The second-order valence-electron chi connectivity index (χ2n) is 8.62. The molecule has 2 amide bonds. The fourth-order valence-electron chi connectivity index (χ4n) is 4.11. The lowest BCUT2D eigenvalue weighted by atomic mass is 9.81. The quantitative estimate of drug-likeness (QED) is 0.439. The molecule has 0 radical (unpaired) electrons. The molecule has 1 fully saturated rings. The monoisotopic (exact) mass is 444 g/mol. The zero-order chi connectivity index (χ0) is 23.4. The molecule has 1 saturated carbocycles. The molecule has 1 aliphatic rings. The van der Waals surface area contributed by atoms with Crippen molar-refractivity contribution in [2.24, 2.45) is 17.6 Å². The minimum Gasteiger partial charge on any atom is -0.508 e. The molecule has 9 heteroatoms. The first kappa shape index (κ1) is 23.6. The van der Waals surface area contributed by atoms with Crippen LogP contribution in [0.15, 0.2) is 16.7 Å². The molecule has 0 spiro atoms. The summed E-state index contributed by atoms with van der Waals surface area (Å²) in [5.74, 6) is -0.756. The number of hydrogen-bond donors (Lipinski definition) is 5. The molecule has 1 aromatic carbocycles. The van der Waals surface area contributed by atoms with Gasteiger partial charge >= 0.3 is 0 Å². The standard InChI is InChI=1S/C23H32N4O5/c1-4-25-23(31)20-19(26-22(30)14-7-5-13(11-24)6-8-14)21(32-27-20)16-9-15(12(2)3)17(28)10-18(16)29/h9-10,12-14,28-29H,4-8,11,24H2,1-3H3,(H,25,31)(H,26,30). The van der Waals surface area contributed by atoms with E-state index in [-0.39, 0.29) is 51.9 Å². The van der Waals surface area contributed by atoms with Crippen LogP contribution in [0.1, 0.15) is 68.4 Å². The van der Waals surface area contributed by atoms with E-state index in [0.29, 0.717) is 37.4 Å². The summed E-state index contributed by atoms with van der Waals surface area (Å²) in [5, 5.41) is 30.0. The van der Waals surface area contributed by atoms with Crippen LogP contribution in [0.5, 0.6) is 11.5 Å². The lowest BCUT2D eigenvalue weighted by molar-refractivity contribution is -0.121. The number of aromatic nitrogens is 1. The van der Waals surface area contributed by atoms with Crippen LogP contribution in [0.4, 0.5) is 5.69 Å². The van der Waals surface area contributed by atoms with Gasteiger partial charge in [0.1, 0.15) is 17.2 Å². The third kappa shape index (κ3) is 4.88. The van der Waals surface area contributed by atoms with E-state index in [1.54, 1.807) is 13.0 Å². The first-order valence-corrected chi connectivity index (χ1v) is 11.1. The Morgan fingerprint density at radius 1 is 1.19 bits per heavy atom. The molecule has 6 N–H and O–H groups in total. The molecule has 0 bridgehead atoms. The van der Waals surface area contributed by atoms with Crippen molar-refractivity contribution in [3.63, 3.8) is 0 Å². The first-order valence-electron chi connectivity index (χ1n) is 11.1. The van der Waals surface area contributed by atoms with Gasteiger partial charge in [0.05, 0.1) is 5.56 Å². The minimum atomic E-state index is -0.494. The summed E-state index contributed by atoms with van der Waals surface area (Å²) < 4.78 is 5.44. The average molecular weight is 445 g/mol. The summed E-state index contributed by atoms with van der Waals surface area (Å²) in [6.07, 6.45) is 3.19.